The van der Waals surface area contributed by atoms with Crippen molar-refractivity contribution in [3.63, 3.8) is 0 Å². The molecule has 0 bridgehead atoms. The predicted molar refractivity (Wildman–Crippen MR) is 124 cm³/mol. The number of carbonyl (C=O) groups excluding carboxylic acids is 1. The molecule has 1 amide bonds. The monoisotopic (exact) mass is 492 g/mol. The van der Waals surface area contributed by atoms with Crippen LogP contribution < -0.4 is 5.32 Å². The second-order valence-electron chi connectivity index (χ2n) is 8.15. The Labute approximate surface area is 188 Å². The third kappa shape index (κ3) is 5.31. The Hall–Kier alpha value is -1.70. The highest BCUT2D eigenvalue weighted by atomic mass is 79.9. The first-order valence-electron chi connectivity index (χ1n) is 10.4. The number of carbonyl (C=O) groups is 1. The minimum Gasteiger partial charge on any atom is -0.322 e. The molecule has 0 aromatic heterocycles. The molecule has 1 heterocycles. The topological polar surface area (TPSA) is 66.5 Å². The van der Waals surface area contributed by atoms with E-state index in [1.807, 2.05) is 24.3 Å². The van der Waals surface area contributed by atoms with Crippen LogP contribution in [0, 0.1) is 5.92 Å². The van der Waals surface area contributed by atoms with Gasteiger partial charge in [0.15, 0.2) is 0 Å². The van der Waals surface area contributed by atoms with Crippen LogP contribution in [0.15, 0.2) is 51.8 Å². The molecule has 0 radical (unpaired) electrons. The van der Waals surface area contributed by atoms with Gasteiger partial charge in [0.25, 0.3) is 5.91 Å². The zero-order valence-corrected chi connectivity index (χ0v) is 20.1. The zero-order valence-electron chi connectivity index (χ0n) is 17.7. The number of halogens is 1. The van der Waals surface area contributed by atoms with E-state index < -0.39 is 10.0 Å². The van der Waals surface area contributed by atoms with Crippen LogP contribution in [0.5, 0.6) is 0 Å². The third-order valence-electron chi connectivity index (χ3n) is 5.86. The number of benzene rings is 2. The summed E-state index contributed by atoms with van der Waals surface area (Å²) in [5, 5.41) is 2.87. The molecule has 1 N–H and O–H groups in total. The Bertz CT molecular complexity index is 998. The first-order chi connectivity index (χ1) is 14.2. The van der Waals surface area contributed by atoms with Crippen LogP contribution in [-0.4, -0.2) is 31.7 Å². The maximum atomic E-state index is 13.1. The van der Waals surface area contributed by atoms with Crippen LogP contribution in [-0.2, 0) is 10.0 Å². The molecule has 3 rings (SSSR count). The molecule has 1 aliphatic heterocycles. The maximum Gasteiger partial charge on any atom is 0.255 e. The van der Waals surface area contributed by atoms with Gasteiger partial charge in [-0.3, -0.25) is 4.79 Å². The van der Waals surface area contributed by atoms with E-state index in [-0.39, 0.29) is 10.8 Å². The summed E-state index contributed by atoms with van der Waals surface area (Å²) >= 11 is 3.36. The molecule has 1 aliphatic rings. The van der Waals surface area contributed by atoms with Gasteiger partial charge in [-0.1, -0.05) is 48.8 Å². The number of hydrogen-bond donors (Lipinski definition) is 1. The minimum atomic E-state index is -3.63. The van der Waals surface area contributed by atoms with Crippen LogP contribution in [0.2, 0.25) is 0 Å². The van der Waals surface area contributed by atoms with Crippen molar-refractivity contribution in [1.82, 2.24) is 4.31 Å². The molecule has 1 fully saturated rings. The van der Waals surface area contributed by atoms with Crippen LogP contribution in [0.25, 0.3) is 0 Å². The molecule has 0 saturated carbocycles. The average molecular weight is 493 g/mol. The molecule has 1 unspecified atom stereocenters. The van der Waals surface area contributed by atoms with Crippen molar-refractivity contribution in [3.8, 4) is 0 Å². The SMILES string of the molecule is CCC(C)c1ccc(NC(=O)c2cc(Br)cc(S(=O)(=O)N3CCC(C)CC3)c2)cc1. The summed E-state index contributed by atoms with van der Waals surface area (Å²) < 4.78 is 28.2. The van der Waals surface area contributed by atoms with E-state index in [0.717, 1.165) is 19.3 Å². The molecule has 2 aromatic rings. The molecule has 1 saturated heterocycles. The first-order valence-corrected chi connectivity index (χ1v) is 12.7. The molecule has 30 heavy (non-hydrogen) atoms. The Kier molecular flexibility index (Phi) is 7.37. The standard InChI is InChI=1S/C23H29BrN2O3S/c1-4-17(3)18-5-7-21(8-6-18)25-23(27)19-13-20(24)15-22(14-19)30(28,29)26-11-9-16(2)10-12-26/h5-8,13-17H,4,9-12H2,1-3H3,(H,25,27). The van der Waals surface area contributed by atoms with E-state index in [0.29, 0.717) is 40.6 Å². The molecule has 5 nitrogen and oxygen atoms in total. The molecule has 7 heteroatoms. The maximum absolute atomic E-state index is 13.1. The van der Waals surface area contributed by atoms with Crippen LogP contribution in [0.3, 0.4) is 0 Å². The van der Waals surface area contributed by atoms with E-state index in [2.05, 4.69) is 42.0 Å². The predicted octanol–water partition coefficient (Wildman–Crippen LogP) is 5.64. The number of sulfonamides is 1. The Morgan fingerprint density at radius 1 is 1.17 bits per heavy atom. The molecule has 0 spiro atoms. The number of hydrogen-bond acceptors (Lipinski definition) is 3. The fraction of sp³-hybridized carbons (Fsp3) is 0.435. The molecule has 0 aliphatic carbocycles. The van der Waals surface area contributed by atoms with Crippen molar-refractivity contribution in [3.05, 3.63) is 58.1 Å². The smallest absolute Gasteiger partial charge is 0.255 e. The van der Waals surface area contributed by atoms with Gasteiger partial charge in [0, 0.05) is 28.8 Å². The lowest BCUT2D eigenvalue weighted by Gasteiger charge is -2.29. The molecule has 1 atom stereocenters. The summed E-state index contributed by atoms with van der Waals surface area (Å²) in [7, 11) is -3.63. The summed E-state index contributed by atoms with van der Waals surface area (Å²) in [6.45, 7) is 7.48. The van der Waals surface area contributed by atoms with Gasteiger partial charge in [-0.15, -0.1) is 0 Å². The van der Waals surface area contributed by atoms with E-state index in [4.69, 9.17) is 0 Å². The van der Waals surface area contributed by atoms with E-state index >= 15 is 0 Å². The Morgan fingerprint density at radius 2 is 1.80 bits per heavy atom. The van der Waals surface area contributed by atoms with Gasteiger partial charge in [0.1, 0.15) is 0 Å². The highest BCUT2D eigenvalue weighted by molar-refractivity contribution is 9.10. The average Bonchev–Trinajstić information content (AvgIpc) is 2.73. The van der Waals surface area contributed by atoms with Crippen LogP contribution in [0.1, 0.15) is 61.9 Å². The van der Waals surface area contributed by atoms with Gasteiger partial charge in [-0.2, -0.15) is 4.31 Å². The van der Waals surface area contributed by atoms with Crippen molar-refractivity contribution in [1.29, 1.82) is 0 Å². The van der Waals surface area contributed by atoms with E-state index in [1.54, 1.807) is 12.1 Å². The zero-order chi connectivity index (χ0) is 21.9. The van der Waals surface area contributed by atoms with Crippen LogP contribution >= 0.6 is 15.9 Å². The quantitative estimate of drug-likeness (QED) is 0.567. The summed E-state index contributed by atoms with van der Waals surface area (Å²) in [5.41, 5.74) is 2.21. The summed E-state index contributed by atoms with van der Waals surface area (Å²) in [4.78, 5) is 12.9. The lowest BCUT2D eigenvalue weighted by Crippen LogP contribution is -2.38. The minimum absolute atomic E-state index is 0.142. The third-order valence-corrected chi connectivity index (χ3v) is 8.20. The number of anilines is 1. The fourth-order valence-electron chi connectivity index (χ4n) is 3.55. The highest BCUT2D eigenvalue weighted by Crippen LogP contribution is 2.27. The van der Waals surface area contributed by atoms with Crippen molar-refractivity contribution in [2.24, 2.45) is 5.92 Å². The van der Waals surface area contributed by atoms with Crippen molar-refractivity contribution in [2.75, 3.05) is 18.4 Å². The Morgan fingerprint density at radius 3 is 2.40 bits per heavy atom. The van der Waals surface area contributed by atoms with E-state index in [9.17, 15) is 13.2 Å². The van der Waals surface area contributed by atoms with Crippen molar-refractivity contribution >= 4 is 37.5 Å². The lowest BCUT2D eigenvalue weighted by molar-refractivity contribution is 0.102. The largest absolute Gasteiger partial charge is 0.322 e. The van der Waals surface area contributed by atoms with Crippen molar-refractivity contribution < 1.29 is 13.2 Å². The molecule has 2 aromatic carbocycles. The molecular weight excluding hydrogens is 464 g/mol. The number of nitrogens with one attached hydrogen (secondary N) is 1. The summed E-state index contributed by atoms with van der Waals surface area (Å²) in [6, 6.07) is 12.4. The van der Waals surface area contributed by atoms with Gasteiger partial charge >= 0.3 is 0 Å². The van der Waals surface area contributed by atoms with Gasteiger partial charge < -0.3 is 5.32 Å². The second kappa shape index (κ2) is 9.62. The van der Waals surface area contributed by atoms with E-state index in [1.165, 1.54) is 15.9 Å². The normalized spacial score (nSPS) is 16.9. The lowest BCUT2D eigenvalue weighted by atomic mass is 9.98. The van der Waals surface area contributed by atoms with Gasteiger partial charge in [-0.05, 0) is 67.0 Å². The number of rotatable bonds is 6. The fourth-order valence-corrected chi connectivity index (χ4v) is 5.74. The molecular formula is C23H29BrN2O3S. The summed E-state index contributed by atoms with van der Waals surface area (Å²) in [6.07, 6.45) is 2.76. The van der Waals surface area contributed by atoms with Gasteiger partial charge in [-0.25, -0.2) is 8.42 Å². The van der Waals surface area contributed by atoms with Gasteiger partial charge in [0.2, 0.25) is 10.0 Å². The molecule has 162 valence electrons. The number of piperidine rings is 1. The summed E-state index contributed by atoms with van der Waals surface area (Å²) in [5.74, 6) is 0.661. The first kappa shape index (κ1) is 23.0. The second-order valence-corrected chi connectivity index (χ2v) is 11.0. The Balaban J connectivity index is 1.80. The number of nitrogens with zero attached hydrogens (tertiary/aromatic N) is 1. The van der Waals surface area contributed by atoms with Crippen LogP contribution in [0.4, 0.5) is 5.69 Å². The highest BCUT2D eigenvalue weighted by Gasteiger charge is 2.29. The van der Waals surface area contributed by atoms with Gasteiger partial charge in [0.05, 0.1) is 4.90 Å². The number of amides is 1. The van der Waals surface area contributed by atoms with Crippen molar-refractivity contribution in [2.45, 2.75) is 50.8 Å².